The van der Waals surface area contributed by atoms with E-state index in [4.69, 9.17) is 10.2 Å². The van der Waals surface area contributed by atoms with Crippen molar-refractivity contribution in [3.8, 4) is 0 Å². The third-order valence-corrected chi connectivity index (χ3v) is 2.49. The second kappa shape index (κ2) is 4.33. The number of benzene rings is 1. The standard InChI is InChI=1S/C13H14N2O2/c1-8-7-10(4-5-11(8)14)15-13(16)12-6-3-9(2)17-12/h3-7H,14H2,1-2H3,(H,15,16). The van der Waals surface area contributed by atoms with Crippen LogP contribution in [0.5, 0.6) is 0 Å². The highest BCUT2D eigenvalue weighted by atomic mass is 16.3. The fraction of sp³-hybridized carbons (Fsp3) is 0.154. The molecule has 0 aliphatic heterocycles. The average Bonchev–Trinajstić information content (AvgIpc) is 2.70. The Morgan fingerprint density at radius 3 is 2.59 bits per heavy atom. The van der Waals surface area contributed by atoms with Crippen LogP contribution in [0.1, 0.15) is 21.9 Å². The van der Waals surface area contributed by atoms with Gasteiger partial charge in [0.2, 0.25) is 0 Å². The summed E-state index contributed by atoms with van der Waals surface area (Å²) in [4.78, 5) is 11.8. The molecule has 0 fully saturated rings. The maximum atomic E-state index is 11.8. The van der Waals surface area contributed by atoms with Crippen LogP contribution in [0, 0.1) is 13.8 Å². The normalized spacial score (nSPS) is 10.2. The minimum absolute atomic E-state index is 0.262. The highest BCUT2D eigenvalue weighted by molar-refractivity contribution is 6.02. The molecule has 0 saturated carbocycles. The smallest absolute Gasteiger partial charge is 0.291 e. The molecule has 1 heterocycles. The van der Waals surface area contributed by atoms with E-state index in [0.29, 0.717) is 22.9 Å². The van der Waals surface area contributed by atoms with Gasteiger partial charge in [-0.15, -0.1) is 0 Å². The summed E-state index contributed by atoms with van der Waals surface area (Å²) < 4.78 is 5.23. The molecule has 1 amide bonds. The second-order valence-electron chi connectivity index (χ2n) is 3.94. The van der Waals surface area contributed by atoms with Gasteiger partial charge in [0.05, 0.1) is 0 Å². The second-order valence-corrected chi connectivity index (χ2v) is 3.94. The van der Waals surface area contributed by atoms with Crippen LogP contribution in [0.25, 0.3) is 0 Å². The number of nitrogens with one attached hydrogen (secondary N) is 1. The molecule has 4 nitrogen and oxygen atoms in total. The van der Waals surface area contributed by atoms with Crippen LogP contribution < -0.4 is 11.1 Å². The minimum atomic E-state index is -0.262. The lowest BCUT2D eigenvalue weighted by Crippen LogP contribution is -2.11. The number of amides is 1. The molecule has 0 unspecified atom stereocenters. The Hall–Kier alpha value is -2.23. The molecule has 88 valence electrons. The number of nitrogen functional groups attached to an aromatic ring is 1. The van der Waals surface area contributed by atoms with E-state index in [1.807, 2.05) is 13.0 Å². The third kappa shape index (κ3) is 2.47. The fourth-order valence-electron chi connectivity index (χ4n) is 1.50. The Morgan fingerprint density at radius 1 is 1.24 bits per heavy atom. The Labute approximate surface area is 99.4 Å². The van der Waals surface area contributed by atoms with Gasteiger partial charge in [-0.25, -0.2) is 0 Å². The van der Waals surface area contributed by atoms with Crippen molar-refractivity contribution in [2.75, 3.05) is 11.1 Å². The van der Waals surface area contributed by atoms with Crippen molar-refractivity contribution in [2.45, 2.75) is 13.8 Å². The van der Waals surface area contributed by atoms with E-state index in [0.717, 1.165) is 5.56 Å². The number of nitrogens with two attached hydrogens (primary N) is 1. The lowest BCUT2D eigenvalue weighted by Gasteiger charge is -2.06. The monoisotopic (exact) mass is 230 g/mol. The Bertz CT molecular complexity index is 558. The number of furan rings is 1. The van der Waals surface area contributed by atoms with Crippen molar-refractivity contribution in [1.82, 2.24) is 0 Å². The van der Waals surface area contributed by atoms with Gasteiger partial charge < -0.3 is 15.5 Å². The number of hydrogen-bond acceptors (Lipinski definition) is 3. The summed E-state index contributed by atoms with van der Waals surface area (Å²) in [6.07, 6.45) is 0. The zero-order valence-electron chi connectivity index (χ0n) is 9.78. The maximum absolute atomic E-state index is 11.8. The van der Waals surface area contributed by atoms with E-state index in [1.54, 1.807) is 31.2 Å². The van der Waals surface area contributed by atoms with E-state index in [2.05, 4.69) is 5.32 Å². The highest BCUT2D eigenvalue weighted by Crippen LogP contribution is 2.17. The number of rotatable bonds is 2. The average molecular weight is 230 g/mol. The van der Waals surface area contributed by atoms with Crippen LogP contribution in [0.15, 0.2) is 34.7 Å². The van der Waals surface area contributed by atoms with Gasteiger partial charge >= 0.3 is 0 Å². The Kier molecular flexibility index (Phi) is 2.87. The van der Waals surface area contributed by atoms with Crippen LogP contribution >= 0.6 is 0 Å². The van der Waals surface area contributed by atoms with Crippen molar-refractivity contribution in [3.63, 3.8) is 0 Å². The van der Waals surface area contributed by atoms with E-state index >= 15 is 0 Å². The summed E-state index contributed by atoms with van der Waals surface area (Å²) in [5.74, 6) is 0.753. The molecule has 0 aliphatic carbocycles. The third-order valence-electron chi connectivity index (χ3n) is 2.49. The van der Waals surface area contributed by atoms with Gasteiger partial charge in [0.1, 0.15) is 5.76 Å². The first-order valence-corrected chi connectivity index (χ1v) is 5.30. The predicted octanol–water partition coefficient (Wildman–Crippen LogP) is 2.73. The topological polar surface area (TPSA) is 68.3 Å². The molecule has 2 rings (SSSR count). The number of carbonyl (C=O) groups excluding carboxylic acids is 1. The minimum Gasteiger partial charge on any atom is -0.456 e. The number of hydrogen-bond donors (Lipinski definition) is 2. The van der Waals surface area contributed by atoms with Gasteiger partial charge in [0.15, 0.2) is 5.76 Å². The molecule has 0 bridgehead atoms. The summed E-state index contributed by atoms with van der Waals surface area (Å²) in [5, 5.41) is 2.75. The zero-order valence-corrected chi connectivity index (χ0v) is 9.78. The van der Waals surface area contributed by atoms with Crippen LogP contribution in [0.3, 0.4) is 0 Å². The SMILES string of the molecule is Cc1ccc(C(=O)Nc2ccc(N)c(C)c2)o1. The molecule has 0 radical (unpaired) electrons. The van der Waals surface area contributed by atoms with Gasteiger partial charge in [-0.05, 0) is 49.7 Å². The molecule has 0 atom stereocenters. The predicted molar refractivity (Wildman–Crippen MR) is 67.0 cm³/mol. The number of aryl methyl sites for hydroxylation is 2. The van der Waals surface area contributed by atoms with Crippen molar-refractivity contribution >= 4 is 17.3 Å². The molecule has 4 heteroatoms. The van der Waals surface area contributed by atoms with E-state index < -0.39 is 0 Å². The van der Waals surface area contributed by atoms with Gasteiger partial charge in [-0.2, -0.15) is 0 Å². The van der Waals surface area contributed by atoms with Gasteiger partial charge in [-0.1, -0.05) is 0 Å². The van der Waals surface area contributed by atoms with Crippen LogP contribution in [-0.2, 0) is 0 Å². The summed E-state index contributed by atoms with van der Waals surface area (Å²) in [5.41, 5.74) is 8.04. The number of carbonyl (C=O) groups is 1. The first kappa shape index (κ1) is 11.3. The van der Waals surface area contributed by atoms with Crippen molar-refractivity contribution in [3.05, 3.63) is 47.4 Å². The van der Waals surface area contributed by atoms with Crippen molar-refractivity contribution in [2.24, 2.45) is 0 Å². The molecule has 0 spiro atoms. The van der Waals surface area contributed by atoms with E-state index in [-0.39, 0.29) is 5.91 Å². The molecule has 1 aromatic heterocycles. The molecule has 0 aliphatic rings. The lowest BCUT2D eigenvalue weighted by molar-refractivity contribution is 0.0995. The van der Waals surface area contributed by atoms with E-state index in [9.17, 15) is 4.79 Å². The number of anilines is 2. The lowest BCUT2D eigenvalue weighted by atomic mass is 10.2. The molecular formula is C13H14N2O2. The zero-order chi connectivity index (χ0) is 12.4. The molecule has 2 aromatic rings. The molecular weight excluding hydrogens is 216 g/mol. The maximum Gasteiger partial charge on any atom is 0.291 e. The summed E-state index contributed by atoms with van der Waals surface area (Å²) in [6, 6.07) is 8.75. The first-order chi connectivity index (χ1) is 8.06. The van der Waals surface area contributed by atoms with Crippen LogP contribution in [0.4, 0.5) is 11.4 Å². The Balaban J connectivity index is 2.15. The molecule has 0 saturated heterocycles. The summed E-state index contributed by atoms with van der Waals surface area (Å²) in [6.45, 7) is 3.69. The quantitative estimate of drug-likeness (QED) is 0.779. The van der Waals surface area contributed by atoms with Crippen LogP contribution in [0.2, 0.25) is 0 Å². The molecule has 3 N–H and O–H groups in total. The van der Waals surface area contributed by atoms with Crippen molar-refractivity contribution in [1.29, 1.82) is 0 Å². The first-order valence-electron chi connectivity index (χ1n) is 5.30. The van der Waals surface area contributed by atoms with Gasteiger partial charge in [0, 0.05) is 11.4 Å². The Morgan fingerprint density at radius 2 is 2.00 bits per heavy atom. The summed E-state index contributed by atoms with van der Waals surface area (Å²) >= 11 is 0. The molecule has 1 aromatic carbocycles. The fourth-order valence-corrected chi connectivity index (χ4v) is 1.50. The highest BCUT2D eigenvalue weighted by Gasteiger charge is 2.10. The van der Waals surface area contributed by atoms with Gasteiger partial charge in [0.25, 0.3) is 5.91 Å². The van der Waals surface area contributed by atoms with Crippen molar-refractivity contribution < 1.29 is 9.21 Å². The molecule has 17 heavy (non-hydrogen) atoms. The van der Waals surface area contributed by atoms with Crippen LogP contribution in [-0.4, -0.2) is 5.91 Å². The largest absolute Gasteiger partial charge is 0.456 e. The van der Waals surface area contributed by atoms with E-state index in [1.165, 1.54) is 0 Å². The van der Waals surface area contributed by atoms with Gasteiger partial charge in [-0.3, -0.25) is 4.79 Å². The summed E-state index contributed by atoms with van der Waals surface area (Å²) in [7, 11) is 0.